The summed E-state index contributed by atoms with van der Waals surface area (Å²) in [7, 11) is -3.20. The van der Waals surface area contributed by atoms with Crippen LogP contribution in [-0.2, 0) is 16.3 Å². The Morgan fingerprint density at radius 3 is 2.63 bits per heavy atom. The molecule has 0 saturated heterocycles. The first kappa shape index (κ1) is 14.1. The Kier molecular flexibility index (Phi) is 3.69. The van der Waals surface area contributed by atoms with Crippen LogP contribution in [0.1, 0.15) is 24.6 Å². The van der Waals surface area contributed by atoms with Gasteiger partial charge < -0.3 is 10.1 Å². The molecule has 1 unspecified atom stereocenters. The van der Waals surface area contributed by atoms with Gasteiger partial charge in [-0.3, -0.25) is 0 Å². The summed E-state index contributed by atoms with van der Waals surface area (Å²) in [4.78, 5) is 3.58. The minimum Gasteiger partial charge on any atom is -0.393 e. The summed E-state index contributed by atoms with van der Waals surface area (Å²) < 4.78 is 23.2. The molecule has 104 valence electrons. The summed E-state index contributed by atoms with van der Waals surface area (Å²) in [5.41, 5.74) is 3.05. The van der Waals surface area contributed by atoms with E-state index >= 15 is 0 Å². The fourth-order valence-electron chi connectivity index (χ4n) is 2.27. The summed E-state index contributed by atoms with van der Waals surface area (Å²) in [6.07, 6.45) is 2.25. The van der Waals surface area contributed by atoms with Crippen LogP contribution in [0.2, 0.25) is 0 Å². The number of fused-ring (bicyclic) bond motifs is 1. The maximum Gasteiger partial charge on any atom is 0.175 e. The lowest BCUT2D eigenvalue weighted by Crippen LogP contribution is -2.02. The lowest BCUT2D eigenvalue weighted by atomic mass is 10.0. The molecule has 0 aliphatic carbocycles. The second-order valence-corrected chi connectivity index (χ2v) is 7.11. The maximum atomic E-state index is 11.6. The highest BCUT2D eigenvalue weighted by atomic mass is 32.2. The number of aliphatic hydroxyl groups is 1. The highest BCUT2D eigenvalue weighted by molar-refractivity contribution is 7.90. The van der Waals surface area contributed by atoms with Crippen LogP contribution in [-0.4, -0.2) is 30.9 Å². The van der Waals surface area contributed by atoms with E-state index in [1.165, 1.54) is 6.26 Å². The van der Waals surface area contributed by atoms with Gasteiger partial charge in [0, 0.05) is 22.9 Å². The van der Waals surface area contributed by atoms with Gasteiger partial charge in [-0.05, 0) is 50.5 Å². The van der Waals surface area contributed by atoms with E-state index in [0.29, 0.717) is 11.3 Å². The van der Waals surface area contributed by atoms with Gasteiger partial charge >= 0.3 is 0 Å². The van der Waals surface area contributed by atoms with E-state index in [4.69, 9.17) is 0 Å². The number of aromatic amines is 1. The Hall–Kier alpha value is -1.33. The predicted molar refractivity (Wildman–Crippen MR) is 76.1 cm³/mol. The quantitative estimate of drug-likeness (QED) is 0.902. The van der Waals surface area contributed by atoms with Crippen molar-refractivity contribution in [2.75, 3.05) is 6.26 Å². The largest absolute Gasteiger partial charge is 0.393 e. The van der Waals surface area contributed by atoms with Crippen molar-refractivity contribution in [3.05, 3.63) is 29.5 Å². The molecule has 0 saturated carbocycles. The fourth-order valence-corrected chi connectivity index (χ4v) is 2.91. The second-order valence-electron chi connectivity index (χ2n) is 5.10. The molecule has 2 N–H and O–H groups in total. The topological polar surface area (TPSA) is 70.2 Å². The number of hydrogen-bond acceptors (Lipinski definition) is 3. The van der Waals surface area contributed by atoms with Crippen LogP contribution in [0, 0.1) is 6.92 Å². The first-order valence-corrected chi connectivity index (χ1v) is 8.17. The zero-order valence-electron chi connectivity index (χ0n) is 11.4. The molecule has 2 rings (SSSR count). The third-order valence-electron chi connectivity index (χ3n) is 3.33. The molecular weight excluding hydrogens is 262 g/mol. The van der Waals surface area contributed by atoms with E-state index in [1.807, 2.05) is 6.92 Å². The monoisotopic (exact) mass is 281 g/mol. The third kappa shape index (κ3) is 2.98. The average Bonchev–Trinajstić information content (AvgIpc) is 2.59. The number of benzene rings is 1. The van der Waals surface area contributed by atoms with Crippen molar-refractivity contribution in [1.29, 1.82) is 0 Å². The molecule has 0 aliphatic rings. The number of nitrogens with one attached hydrogen (secondary N) is 1. The van der Waals surface area contributed by atoms with Gasteiger partial charge in [-0.2, -0.15) is 0 Å². The number of aryl methyl sites for hydroxylation is 2. The van der Waals surface area contributed by atoms with Gasteiger partial charge in [-0.25, -0.2) is 8.42 Å². The molecule has 0 spiro atoms. The zero-order valence-corrected chi connectivity index (χ0v) is 12.2. The number of rotatable bonds is 4. The third-order valence-corrected chi connectivity index (χ3v) is 4.44. The predicted octanol–water partition coefficient (Wildman–Crippen LogP) is 2.19. The molecule has 1 aromatic carbocycles. The maximum absolute atomic E-state index is 11.6. The van der Waals surface area contributed by atoms with Crippen LogP contribution in [0.25, 0.3) is 10.9 Å². The first-order chi connectivity index (χ1) is 8.79. The number of H-pyrrole nitrogens is 1. The molecule has 19 heavy (non-hydrogen) atoms. The van der Waals surface area contributed by atoms with E-state index < -0.39 is 9.84 Å². The summed E-state index contributed by atoms with van der Waals surface area (Å²) in [6, 6.07) is 5.13. The van der Waals surface area contributed by atoms with Gasteiger partial charge in [0.05, 0.1) is 11.0 Å². The first-order valence-electron chi connectivity index (χ1n) is 6.28. The summed E-state index contributed by atoms with van der Waals surface area (Å²) >= 11 is 0. The zero-order chi connectivity index (χ0) is 14.2. The average molecular weight is 281 g/mol. The van der Waals surface area contributed by atoms with Crippen molar-refractivity contribution in [1.82, 2.24) is 4.98 Å². The Morgan fingerprint density at radius 1 is 1.37 bits per heavy atom. The van der Waals surface area contributed by atoms with Crippen LogP contribution < -0.4 is 0 Å². The fraction of sp³-hybridized carbons (Fsp3) is 0.429. The highest BCUT2D eigenvalue weighted by Gasteiger charge is 2.13. The molecule has 0 amide bonds. The van der Waals surface area contributed by atoms with Gasteiger partial charge in [0.25, 0.3) is 0 Å². The molecule has 0 bridgehead atoms. The number of hydrogen-bond donors (Lipinski definition) is 2. The van der Waals surface area contributed by atoms with Gasteiger partial charge in [0.2, 0.25) is 0 Å². The van der Waals surface area contributed by atoms with Crippen LogP contribution in [0.5, 0.6) is 0 Å². The minimum atomic E-state index is -3.20. The molecule has 2 aromatic rings. The standard InChI is InChI=1S/C14H19NO3S/c1-9(16)4-6-12-10(2)15-14-7-5-11(8-13(12)14)19(3,17)18/h5,7-9,15-16H,4,6H2,1-3H3. The van der Waals surface area contributed by atoms with E-state index in [9.17, 15) is 13.5 Å². The van der Waals surface area contributed by atoms with Crippen LogP contribution in [0.4, 0.5) is 0 Å². The molecule has 0 fully saturated rings. The Bertz CT molecular complexity index is 699. The molecule has 1 atom stereocenters. The van der Waals surface area contributed by atoms with E-state index in [2.05, 4.69) is 4.98 Å². The van der Waals surface area contributed by atoms with Crippen LogP contribution >= 0.6 is 0 Å². The molecule has 0 radical (unpaired) electrons. The Labute approximate surface area is 113 Å². The van der Waals surface area contributed by atoms with Gasteiger partial charge in [-0.15, -0.1) is 0 Å². The van der Waals surface area contributed by atoms with Crippen molar-refractivity contribution in [2.24, 2.45) is 0 Å². The van der Waals surface area contributed by atoms with Gasteiger partial charge in [-0.1, -0.05) is 0 Å². The number of aromatic nitrogens is 1. The smallest absolute Gasteiger partial charge is 0.175 e. The van der Waals surface area contributed by atoms with E-state index in [0.717, 1.165) is 28.6 Å². The SMILES string of the molecule is Cc1[nH]c2ccc(S(C)(=O)=O)cc2c1CCC(C)O. The summed E-state index contributed by atoms with van der Waals surface area (Å²) in [6.45, 7) is 3.73. The molecule has 1 aromatic heterocycles. The van der Waals surface area contributed by atoms with Crippen molar-refractivity contribution in [3.8, 4) is 0 Å². The molecular formula is C14H19NO3S. The van der Waals surface area contributed by atoms with Crippen molar-refractivity contribution >= 4 is 20.7 Å². The summed E-state index contributed by atoms with van der Waals surface area (Å²) in [5.74, 6) is 0. The highest BCUT2D eigenvalue weighted by Crippen LogP contribution is 2.26. The number of sulfone groups is 1. The molecule has 5 heteroatoms. The summed E-state index contributed by atoms with van der Waals surface area (Å²) in [5, 5.41) is 10.3. The van der Waals surface area contributed by atoms with Crippen molar-refractivity contribution in [2.45, 2.75) is 37.7 Å². The number of aliphatic hydroxyl groups excluding tert-OH is 1. The lowest BCUT2D eigenvalue weighted by Gasteiger charge is -2.05. The molecule has 4 nitrogen and oxygen atoms in total. The van der Waals surface area contributed by atoms with Crippen LogP contribution in [0.3, 0.4) is 0 Å². The molecule has 1 heterocycles. The van der Waals surface area contributed by atoms with Crippen LogP contribution in [0.15, 0.2) is 23.1 Å². The van der Waals surface area contributed by atoms with Crippen molar-refractivity contribution < 1.29 is 13.5 Å². The van der Waals surface area contributed by atoms with E-state index in [1.54, 1.807) is 25.1 Å². The molecule has 0 aliphatic heterocycles. The Morgan fingerprint density at radius 2 is 2.05 bits per heavy atom. The van der Waals surface area contributed by atoms with Gasteiger partial charge in [0.15, 0.2) is 9.84 Å². The van der Waals surface area contributed by atoms with Gasteiger partial charge in [0.1, 0.15) is 0 Å². The Balaban J connectivity index is 2.53. The second kappa shape index (κ2) is 4.98. The van der Waals surface area contributed by atoms with E-state index in [-0.39, 0.29) is 6.10 Å². The minimum absolute atomic E-state index is 0.331. The lowest BCUT2D eigenvalue weighted by molar-refractivity contribution is 0.185. The normalized spacial score (nSPS) is 13.9. The van der Waals surface area contributed by atoms with Crippen molar-refractivity contribution in [3.63, 3.8) is 0 Å².